The van der Waals surface area contributed by atoms with Crippen LogP contribution in [0.3, 0.4) is 0 Å². The van der Waals surface area contributed by atoms with Gasteiger partial charge in [0.1, 0.15) is 5.65 Å². The van der Waals surface area contributed by atoms with E-state index in [2.05, 4.69) is 56.6 Å². The van der Waals surface area contributed by atoms with Crippen molar-refractivity contribution in [2.45, 2.75) is 33.5 Å². The summed E-state index contributed by atoms with van der Waals surface area (Å²) in [5, 5.41) is 3.90. The van der Waals surface area contributed by atoms with Crippen molar-refractivity contribution in [3.8, 4) is 11.1 Å². The zero-order valence-electron chi connectivity index (χ0n) is 15.6. The van der Waals surface area contributed by atoms with Crippen molar-refractivity contribution in [3.05, 3.63) is 57.9 Å². The monoisotopic (exact) mass is 475 g/mol. The fraction of sp³-hybridized carbons (Fsp3) is 0.238. The van der Waals surface area contributed by atoms with Gasteiger partial charge in [-0.3, -0.25) is 4.79 Å². The topological polar surface area (TPSA) is 67.0 Å². The Bertz CT molecular complexity index is 1010. The molecule has 0 aliphatic heterocycles. The lowest BCUT2D eigenvalue weighted by Gasteiger charge is -2.10. The molecule has 0 radical (unpaired) electrons. The van der Waals surface area contributed by atoms with Crippen LogP contribution >= 0.6 is 22.6 Å². The highest BCUT2D eigenvalue weighted by Crippen LogP contribution is 2.35. The number of H-pyrrole nitrogens is 1. The van der Waals surface area contributed by atoms with E-state index in [9.17, 15) is 4.79 Å². The second-order valence-corrected chi connectivity index (χ2v) is 7.72. The summed E-state index contributed by atoms with van der Waals surface area (Å²) >= 11 is 2.28. The van der Waals surface area contributed by atoms with Crippen LogP contribution < -0.4 is 5.32 Å². The Morgan fingerprint density at radius 2 is 2.19 bits per heavy atom. The first-order valence-electron chi connectivity index (χ1n) is 8.71. The molecule has 3 rings (SSSR count). The molecule has 140 valence electrons. The number of aromatic amines is 1. The number of aryl methyl sites for hydroxylation is 1. The molecular formula is C21H22IN3O2. The molecule has 2 aromatic heterocycles. The molecule has 0 fully saturated rings. The number of aromatic nitrogens is 2. The zero-order chi connectivity index (χ0) is 19.6. The van der Waals surface area contributed by atoms with E-state index in [0.29, 0.717) is 6.61 Å². The first kappa shape index (κ1) is 19.6. The number of carbonyl (C=O) groups excluding carboxylic acids is 1. The number of carbonyl (C=O) groups is 1. The number of ether oxygens (including phenoxy) is 1. The molecule has 0 saturated heterocycles. The lowest BCUT2D eigenvalue weighted by atomic mass is 10.0. The zero-order valence-corrected chi connectivity index (χ0v) is 17.8. The van der Waals surface area contributed by atoms with Gasteiger partial charge in [0.25, 0.3) is 0 Å². The first-order valence-corrected chi connectivity index (χ1v) is 9.79. The summed E-state index contributed by atoms with van der Waals surface area (Å²) in [7, 11) is 0. The van der Waals surface area contributed by atoms with Crippen LogP contribution in [0.15, 0.2) is 43.1 Å². The maximum Gasteiger partial charge on any atom is 0.247 e. The van der Waals surface area contributed by atoms with E-state index in [1.165, 1.54) is 6.08 Å². The van der Waals surface area contributed by atoms with Crippen LogP contribution in [0.4, 0.5) is 5.69 Å². The summed E-state index contributed by atoms with van der Waals surface area (Å²) in [6, 6.07) is 8.16. The van der Waals surface area contributed by atoms with E-state index in [1.807, 2.05) is 39.1 Å². The number of hydrogen-bond acceptors (Lipinski definition) is 3. The molecule has 2 N–H and O–H groups in total. The maximum atomic E-state index is 11.7. The summed E-state index contributed by atoms with van der Waals surface area (Å²) < 4.78 is 6.71. The summed E-state index contributed by atoms with van der Waals surface area (Å²) in [6.45, 7) is 10.0. The molecule has 0 aliphatic carbocycles. The fourth-order valence-corrected chi connectivity index (χ4v) is 3.66. The van der Waals surface area contributed by atoms with Crippen LogP contribution in [0.25, 0.3) is 22.2 Å². The number of anilines is 1. The molecule has 2 heterocycles. The molecule has 1 aromatic carbocycles. The average molecular weight is 475 g/mol. The third-order valence-corrected chi connectivity index (χ3v) is 5.02. The van der Waals surface area contributed by atoms with Gasteiger partial charge in [-0.05, 0) is 78.3 Å². The van der Waals surface area contributed by atoms with Crippen LogP contribution in [-0.2, 0) is 16.1 Å². The van der Waals surface area contributed by atoms with Crippen molar-refractivity contribution in [1.82, 2.24) is 9.97 Å². The molecule has 0 spiro atoms. The Hall–Kier alpha value is -2.19. The average Bonchev–Trinajstić information content (AvgIpc) is 2.96. The molecule has 6 heteroatoms. The van der Waals surface area contributed by atoms with Crippen molar-refractivity contribution >= 4 is 45.2 Å². The van der Waals surface area contributed by atoms with Crippen LogP contribution in [-0.4, -0.2) is 22.0 Å². The number of benzene rings is 1. The van der Waals surface area contributed by atoms with E-state index in [-0.39, 0.29) is 12.0 Å². The highest BCUT2D eigenvalue weighted by molar-refractivity contribution is 14.1. The fourth-order valence-electron chi connectivity index (χ4n) is 2.80. The van der Waals surface area contributed by atoms with Gasteiger partial charge in [-0.2, -0.15) is 0 Å². The van der Waals surface area contributed by atoms with Gasteiger partial charge in [0.2, 0.25) is 5.91 Å². The number of rotatable bonds is 6. The standard InChI is InChI=1S/C21H22IN3O2/c1-5-18(26)24-17-9-15(7-6-13(17)4)19-16-8-14(11-27-12(2)3)10-23-21(16)25-20(19)22/h5-10,12H,1,11H2,2-4H3,(H,23,25)(H,24,26). The summed E-state index contributed by atoms with van der Waals surface area (Å²) in [4.78, 5) is 19.6. The number of pyridine rings is 1. The third kappa shape index (κ3) is 4.39. The summed E-state index contributed by atoms with van der Waals surface area (Å²) in [6.07, 6.45) is 3.28. The van der Waals surface area contributed by atoms with Crippen LogP contribution in [0, 0.1) is 10.6 Å². The van der Waals surface area contributed by atoms with Gasteiger partial charge in [0.15, 0.2) is 0 Å². The minimum Gasteiger partial charge on any atom is -0.374 e. The SMILES string of the molecule is C=CC(=O)Nc1cc(-c2c(I)[nH]c3ncc(COC(C)C)cc23)ccc1C. The molecule has 0 aliphatic rings. The summed E-state index contributed by atoms with van der Waals surface area (Å²) in [5.74, 6) is -0.223. The van der Waals surface area contributed by atoms with Gasteiger partial charge in [-0.25, -0.2) is 4.98 Å². The number of fused-ring (bicyclic) bond motifs is 1. The van der Waals surface area contributed by atoms with Crippen molar-refractivity contribution in [3.63, 3.8) is 0 Å². The van der Waals surface area contributed by atoms with E-state index < -0.39 is 0 Å². The molecule has 0 unspecified atom stereocenters. The molecule has 1 amide bonds. The van der Waals surface area contributed by atoms with Gasteiger partial charge in [0, 0.05) is 22.8 Å². The predicted octanol–water partition coefficient (Wildman–Crippen LogP) is 5.19. The number of nitrogens with one attached hydrogen (secondary N) is 2. The molecule has 3 aromatic rings. The van der Waals surface area contributed by atoms with E-state index in [1.54, 1.807) is 0 Å². The Morgan fingerprint density at radius 1 is 1.41 bits per heavy atom. The Kier molecular flexibility index (Phi) is 5.96. The Labute approximate surface area is 172 Å². The van der Waals surface area contributed by atoms with Crippen molar-refractivity contribution in [2.75, 3.05) is 5.32 Å². The normalized spacial score (nSPS) is 11.1. The van der Waals surface area contributed by atoms with E-state index in [0.717, 1.165) is 42.7 Å². The molecule has 0 saturated carbocycles. The van der Waals surface area contributed by atoms with Crippen molar-refractivity contribution < 1.29 is 9.53 Å². The van der Waals surface area contributed by atoms with Crippen LogP contribution in [0.5, 0.6) is 0 Å². The van der Waals surface area contributed by atoms with Gasteiger partial charge in [-0.1, -0.05) is 18.7 Å². The first-order chi connectivity index (χ1) is 12.9. The maximum absolute atomic E-state index is 11.7. The number of amides is 1. The quantitative estimate of drug-likeness (QED) is 0.381. The van der Waals surface area contributed by atoms with Crippen molar-refractivity contribution in [1.29, 1.82) is 0 Å². The van der Waals surface area contributed by atoms with Crippen molar-refractivity contribution in [2.24, 2.45) is 0 Å². The number of halogens is 1. The van der Waals surface area contributed by atoms with Gasteiger partial charge in [-0.15, -0.1) is 0 Å². The van der Waals surface area contributed by atoms with E-state index in [4.69, 9.17) is 4.74 Å². The lowest BCUT2D eigenvalue weighted by Crippen LogP contribution is -2.08. The lowest BCUT2D eigenvalue weighted by molar-refractivity contribution is -0.111. The predicted molar refractivity (Wildman–Crippen MR) is 118 cm³/mol. The van der Waals surface area contributed by atoms with Crippen LogP contribution in [0.2, 0.25) is 0 Å². The molecule has 27 heavy (non-hydrogen) atoms. The minimum absolute atomic E-state index is 0.166. The molecule has 5 nitrogen and oxygen atoms in total. The second kappa shape index (κ2) is 8.22. The van der Waals surface area contributed by atoms with Crippen LogP contribution in [0.1, 0.15) is 25.0 Å². The largest absolute Gasteiger partial charge is 0.374 e. The number of nitrogens with zero attached hydrogens (tertiary/aromatic N) is 1. The second-order valence-electron chi connectivity index (χ2n) is 6.64. The van der Waals surface area contributed by atoms with Gasteiger partial charge in [0.05, 0.1) is 16.4 Å². The van der Waals surface area contributed by atoms with Gasteiger partial charge >= 0.3 is 0 Å². The summed E-state index contributed by atoms with van der Waals surface area (Å²) in [5.41, 5.74) is 5.71. The van der Waals surface area contributed by atoms with Gasteiger partial charge < -0.3 is 15.0 Å². The smallest absolute Gasteiger partial charge is 0.247 e. The Balaban J connectivity index is 2.06. The van der Waals surface area contributed by atoms with E-state index >= 15 is 0 Å². The third-order valence-electron chi connectivity index (χ3n) is 4.21. The minimum atomic E-state index is -0.223. The molecular weight excluding hydrogens is 453 g/mol. The highest BCUT2D eigenvalue weighted by atomic mass is 127. The number of hydrogen-bond donors (Lipinski definition) is 2. The molecule has 0 bridgehead atoms. The highest BCUT2D eigenvalue weighted by Gasteiger charge is 2.15. The Morgan fingerprint density at radius 3 is 2.89 bits per heavy atom. The molecule has 0 atom stereocenters.